The van der Waals surface area contributed by atoms with Gasteiger partial charge in [0.2, 0.25) is 0 Å². The minimum absolute atomic E-state index is 0.0441. The molecule has 0 atom stereocenters. The molecule has 0 aliphatic heterocycles. The van der Waals surface area contributed by atoms with E-state index >= 15 is 0 Å². The van der Waals surface area contributed by atoms with Crippen molar-refractivity contribution in [1.29, 1.82) is 0 Å². The van der Waals surface area contributed by atoms with E-state index in [0.717, 1.165) is 12.8 Å². The minimum Gasteiger partial charge on any atom is -0.478 e. The van der Waals surface area contributed by atoms with Crippen LogP contribution in [0.4, 0.5) is 0 Å². The van der Waals surface area contributed by atoms with Crippen molar-refractivity contribution in [2.75, 3.05) is 0 Å². The van der Waals surface area contributed by atoms with Gasteiger partial charge in [0.05, 0.1) is 5.57 Å². The zero-order valence-electron chi connectivity index (χ0n) is 15.4. The highest BCUT2D eigenvalue weighted by atomic mass is 16.4. The number of carbonyl (C=O) groups is 2. The number of carboxylic acid groups (broad SMARTS) is 2. The van der Waals surface area contributed by atoms with E-state index < -0.39 is 11.9 Å². The van der Waals surface area contributed by atoms with Crippen LogP contribution in [0.15, 0.2) is 23.3 Å². The monoisotopic (exact) mass is 338 g/mol. The van der Waals surface area contributed by atoms with E-state index in [0.29, 0.717) is 6.42 Å². The Labute approximate surface area is 146 Å². The molecule has 0 aliphatic carbocycles. The zero-order chi connectivity index (χ0) is 18.2. The van der Waals surface area contributed by atoms with Crippen LogP contribution in [-0.4, -0.2) is 22.2 Å². The number of unbranched alkanes of at least 4 members (excludes halogenated alkanes) is 11. The average Bonchev–Trinajstić information content (AvgIpc) is 2.54. The SMILES string of the molecule is CCCCCCCCCCCCCC=C(C=C(C)C(=O)O)C(=O)O. The lowest BCUT2D eigenvalue weighted by Crippen LogP contribution is -2.02. The van der Waals surface area contributed by atoms with Gasteiger partial charge in [-0.15, -0.1) is 0 Å². The van der Waals surface area contributed by atoms with Gasteiger partial charge in [-0.25, -0.2) is 9.59 Å². The number of hydrogen-bond acceptors (Lipinski definition) is 2. The molecule has 4 nitrogen and oxygen atoms in total. The molecule has 0 heterocycles. The van der Waals surface area contributed by atoms with Gasteiger partial charge in [0.1, 0.15) is 0 Å². The first-order chi connectivity index (χ1) is 11.5. The Morgan fingerprint density at radius 1 is 0.750 bits per heavy atom. The molecule has 0 aromatic rings. The van der Waals surface area contributed by atoms with Crippen LogP contribution in [0.2, 0.25) is 0 Å². The summed E-state index contributed by atoms with van der Waals surface area (Å²) in [5.74, 6) is -2.16. The highest BCUT2D eigenvalue weighted by Gasteiger charge is 2.07. The molecule has 4 heteroatoms. The van der Waals surface area contributed by atoms with E-state index in [1.807, 2.05) is 0 Å². The number of hydrogen-bond donors (Lipinski definition) is 2. The highest BCUT2D eigenvalue weighted by molar-refractivity contribution is 5.94. The van der Waals surface area contributed by atoms with Crippen molar-refractivity contribution in [2.45, 2.75) is 90.9 Å². The summed E-state index contributed by atoms with van der Waals surface area (Å²) in [7, 11) is 0. The summed E-state index contributed by atoms with van der Waals surface area (Å²) >= 11 is 0. The fourth-order valence-corrected chi connectivity index (χ4v) is 2.57. The summed E-state index contributed by atoms with van der Waals surface area (Å²) in [6.45, 7) is 3.64. The van der Waals surface area contributed by atoms with Gasteiger partial charge in [-0.1, -0.05) is 77.2 Å². The van der Waals surface area contributed by atoms with E-state index in [1.165, 1.54) is 70.8 Å². The third-order valence-electron chi connectivity index (χ3n) is 4.13. The average molecular weight is 338 g/mol. The standard InChI is InChI=1S/C20H34O4/c1-3-4-5-6-7-8-9-10-11-12-13-14-15-18(20(23)24)16-17(2)19(21)22/h15-16H,3-14H2,1-2H3,(H,21,22)(H,23,24). The lowest BCUT2D eigenvalue weighted by molar-refractivity contribution is -0.132. The second-order valence-electron chi connectivity index (χ2n) is 6.42. The predicted molar refractivity (Wildman–Crippen MR) is 98.2 cm³/mol. The predicted octanol–water partition coefficient (Wildman–Crippen LogP) is 5.73. The lowest BCUT2D eigenvalue weighted by atomic mass is 10.0. The summed E-state index contributed by atoms with van der Waals surface area (Å²) < 4.78 is 0. The van der Waals surface area contributed by atoms with Crippen molar-refractivity contribution in [3.05, 3.63) is 23.3 Å². The molecule has 0 fully saturated rings. The number of aliphatic carboxylic acids is 2. The van der Waals surface area contributed by atoms with E-state index in [1.54, 1.807) is 6.08 Å². The van der Waals surface area contributed by atoms with Crippen molar-refractivity contribution in [1.82, 2.24) is 0 Å². The number of allylic oxidation sites excluding steroid dienone is 1. The molecule has 0 radical (unpaired) electrons. The quantitative estimate of drug-likeness (QED) is 0.227. The van der Waals surface area contributed by atoms with Crippen LogP contribution in [0.5, 0.6) is 0 Å². The van der Waals surface area contributed by atoms with Gasteiger partial charge >= 0.3 is 11.9 Å². The van der Waals surface area contributed by atoms with Crippen LogP contribution < -0.4 is 0 Å². The molecular formula is C20H34O4. The Balaban J connectivity index is 3.77. The van der Waals surface area contributed by atoms with E-state index in [9.17, 15) is 9.59 Å². The van der Waals surface area contributed by atoms with Gasteiger partial charge in [-0.3, -0.25) is 0 Å². The molecule has 0 rings (SSSR count). The topological polar surface area (TPSA) is 74.6 Å². The van der Waals surface area contributed by atoms with Crippen LogP contribution in [0.25, 0.3) is 0 Å². The summed E-state index contributed by atoms with van der Waals surface area (Å²) in [6.07, 6.45) is 17.4. The van der Waals surface area contributed by atoms with E-state index in [2.05, 4.69) is 6.92 Å². The summed E-state index contributed by atoms with van der Waals surface area (Å²) in [6, 6.07) is 0. The Kier molecular flexibility index (Phi) is 14.0. The fourth-order valence-electron chi connectivity index (χ4n) is 2.57. The van der Waals surface area contributed by atoms with Gasteiger partial charge < -0.3 is 10.2 Å². The molecule has 2 N–H and O–H groups in total. The number of carboxylic acids is 2. The highest BCUT2D eigenvalue weighted by Crippen LogP contribution is 2.13. The van der Waals surface area contributed by atoms with Gasteiger partial charge in [-0.2, -0.15) is 0 Å². The summed E-state index contributed by atoms with van der Waals surface area (Å²) in [4.78, 5) is 21.8. The second-order valence-corrected chi connectivity index (χ2v) is 6.42. The smallest absolute Gasteiger partial charge is 0.335 e. The molecule has 0 spiro atoms. The maximum Gasteiger partial charge on any atom is 0.335 e. The van der Waals surface area contributed by atoms with E-state index in [4.69, 9.17) is 10.2 Å². The van der Waals surface area contributed by atoms with Crippen LogP contribution in [-0.2, 0) is 9.59 Å². The zero-order valence-corrected chi connectivity index (χ0v) is 15.4. The molecule has 0 aromatic carbocycles. The molecule has 0 saturated heterocycles. The van der Waals surface area contributed by atoms with Gasteiger partial charge in [0.15, 0.2) is 0 Å². The molecule has 0 bridgehead atoms. The third-order valence-corrected chi connectivity index (χ3v) is 4.13. The Bertz CT molecular complexity index is 421. The largest absolute Gasteiger partial charge is 0.478 e. The van der Waals surface area contributed by atoms with Crippen LogP contribution in [0.1, 0.15) is 90.9 Å². The minimum atomic E-state index is -1.09. The van der Waals surface area contributed by atoms with Crippen molar-refractivity contribution < 1.29 is 19.8 Å². The number of rotatable bonds is 15. The first-order valence-corrected chi connectivity index (χ1v) is 9.34. The molecule has 0 aromatic heterocycles. The van der Waals surface area contributed by atoms with Gasteiger partial charge in [0, 0.05) is 5.57 Å². The lowest BCUT2D eigenvalue weighted by Gasteiger charge is -2.02. The van der Waals surface area contributed by atoms with E-state index in [-0.39, 0.29) is 11.1 Å². The van der Waals surface area contributed by atoms with Crippen molar-refractivity contribution >= 4 is 11.9 Å². The van der Waals surface area contributed by atoms with Crippen LogP contribution in [0.3, 0.4) is 0 Å². The molecule has 0 unspecified atom stereocenters. The Morgan fingerprint density at radius 3 is 1.62 bits per heavy atom. The first-order valence-electron chi connectivity index (χ1n) is 9.34. The van der Waals surface area contributed by atoms with Crippen LogP contribution >= 0.6 is 0 Å². The maximum absolute atomic E-state index is 11.1. The third kappa shape index (κ3) is 12.9. The Morgan fingerprint density at radius 2 is 1.21 bits per heavy atom. The fraction of sp³-hybridized carbons (Fsp3) is 0.700. The molecule has 138 valence electrons. The molecule has 0 aliphatic rings. The van der Waals surface area contributed by atoms with Gasteiger partial charge in [0.25, 0.3) is 0 Å². The normalized spacial score (nSPS) is 12.4. The second kappa shape index (κ2) is 15.0. The summed E-state index contributed by atoms with van der Waals surface area (Å²) in [5, 5.41) is 17.9. The summed E-state index contributed by atoms with van der Waals surface area (Å²) in [5.41, 5.74) is 0.115. The van der Waals surface area contributed by atoms with Crippen molar-refractivity contribution in [2.24, 2.45) is 0 Å². The molecule has 0 saturated carbocycles. The molecule has 0 amide bonds. The Hall–Kier alpha value is -1.58. The first kappa shape index (κ1) is 22.4. The maximum atomic E-state index is 11.1. The van der Waals surface area contributed by atoms with Crippen molar-refractivity contribution in [3.8, 4) is 0 Å². The van der Waals surface area contributed by atoms with Crippen molar-refractivity contribution in [3.63, 3.8) is 0 Å². The molecular weight excluding hydrogens is 304 g/mol. The van der Waals surface area contributed by atoms with Crippen LogP contribution in [0, 0.1) is 0 Å². The molecule has 24 heavy (non-hydrogen) atoms. The van der Waals surface area contributed by atoms with Gasteiger partial charge in [-0.05, 0) is 25.8 Å².